The SMILES string of the molecule is CCC(C)Sc1ccc(S(=O)(=O)N(C)C)cc1C(=O)O. The summed E-state index contributed by atoms with van der Waals surface area (Å²) in [5.74, 6) is -1.12. The van der Waals surface area contributed by atoms with E-state index in [0.29, 0.717) is 4.90 Å². The molecule has 20 heavy (non-hydrogen) atoms. The van der Waals surface area contributed by atoms with Gasteiger partial charge in [-0.1, -0.05) is 13.8 Å². The second-order valence-corrected chi connectivity index (χ2v) is 8.22. The number of benzene rings is 1. The lowest BCUT2D eigenvalue weighted by molar-refractivity contribution is 0.0693. The molecule has 0 heterocycles. The topological polar surface area (TPSA) is 74.7 Å². The maximum atomic E-state index is 12.0. The Bertz CT molecular complexity index is 596. The molecule has 1 aromatic rings. The van der Waals surface area contributed by atoms with Gasteiger partial charge < -0.3 is 5.11 Å². The molecular formula is C13H19NO4S2. The first-order chi connectivity index (χ1) is 9.20. The number of hydrogen-bond donors (Lipinski definition) is 1. The number of thioether (sulfide) groups is 1. The third kappa shape index (κ3) is 3.74. The van der Waals surface area contributed by atoms with Gasteiger partial charge in [0.05, 0.1) is 10.5 Å². The fourth-order valence-corrected chi connectivity index (χ4v) is 3.40. The summed E-state index contributed by atoms with van der Waals surface area (Å²) < 4.78 is 25.1. The van der Waals surface area contributed by atoms with Gasteiger partial charge in [-0.05, 0) is 24.6 Å². The number of sulfonamides is 1. The minimum atomic E-state index is -3.62. The van der Waals surface area contributed by atoms with E-state index in [1.807, 2.05) is 13.8 Å². The molecule has 0 aliphatic carbocycles. The highest BCUT2D eigenvalue weighted by Crippen LogP contribution is 2.30. The van der Waals surface area contributed by atoms with Crippen molar-refractivity contribution in [2.24, 2.45) is 0 Å². The summed E-state index contributed by atoms with van der Waals surface area (Å²) in [7, 11) is -0.794. The summed E-state index contributed by atoms with van der Waals surface area (Å²) in [5, 5.41) is 9.53. The number of carbonyl (C=O) groups is 1. The van der Waals surface area contributed by atoms with E-state index >= 15 is 0 Å². The smallest absolute Gasteiger partial charge is 0.336 e. The molecular weight excluding hydrogens is 298 g/mol. The molecule has 0 aliphatic rings. The molecule has 0 bridgehead atoms. The van der Waals surface area contributed by atoms with Crippen LogP contribution in [0.1, 0.15) is 30.6 Å². The van der Waals surface area contributed by atoms with Crippen LogP contribution >= 0.6 is 11.8 Å². The van der Waals surface area contributed by atoms with Gasteiger partial charge in [0.15, 0.2) is 0 Å². The number of carboxylic acid groups (broad SMARTS) is 1. The Morgan fingerprint density at radius 1 is 1.40 bits per heavy atom. The monoisotopic (exact) mass is 317 g/mol. The number of nitrogens with zero attached hydrogens (tertiary/aromatic N) is 1. The summed E-state index contributed by atoms with van der Waals surface area (Å²) in [6, 6.07) is 4.24. The van der Waals surface area contributed by atoms with Gasteiger partial charge in [0.2, 0.25) is 10.0 Å². The Morgan fingerprint density at radius 3 is 2.45 bits per heavy atom. The second kappa shape index (κ2) is 6.60. The van der Waals surface area contributed by atoms with Crippen LogP contribution in [0.5, 0.6) is 0 Å². The molecule has 1 unspecified atom stereocenters. The maximum absolute atomic E-state index is 12.0. The molecule has 0 aliphatic heterocycles. The van der Waals surface area contributed by atoms with E-state index in [4.69, 9.17) is 0 Å². The number of rotatable bonds is 6. The Kier molecular flexibility index (Phi) is 5.61. The van der Waals surface area contributed by atoms with Crippen LogP contribution in [0.25, 0.3) is 0 Å². The Labute approximate surface area is 124 Å². The van der Waals surface area contributed by atoms with E-state index in [0.717, 1.165) is 10.7 Å². The molecule has 112 valence electrons. The minimum absolute atomic E-state index is 0.00611. The van der Waals surface area contributed by atoms with Crippen molar-refractivity contribution >= 4 is 27.8 Å². The van der Waals surface area contributed by atoms with Gasteiger partial charge in [0.25, 0.3) is 0 Å². The van der Waals surface area contributed by atoms with Crippen molar-refractivity contribution in [3.05, 3.63) is 23.8 Å². The van der Waals surface area contributed by atoms with Crippen molar-refractivity contribution in [3.8, 4) is 0 Å². The maximum Gasteiger partial charge on any atom is 0.336 e. The highest BCUT2D eigenvalue weighted by molar-refractivity contribution is 8.00. The largest absolute Gasteiger partial charge is 0.478 e. The zero-order valence-electron chi connectivity index (χ0n) is 12.0. The van der Waals surface area contributed by atoms with Gasteiger partial charge >= 0.3 is 5.97 Å². The first-order valence-electron chi connectivity index (χ1n) is 6.16. The molecule has 0 amide bonds. The second-order valence-electron chi connectivity index (χ2n) is 4.59. The predicted octanol–water partition coefficient (Wildman–Crippen LogP) is 2.53. The quantitative estimate of drug-likeness (QED) is 0.816. The molecule has 7 heteroatoms. The Hall–Kier alpha value is -1.05. The number of aromatic carboxylic acids is 1. The van der Waals surface area contributed by atoms with Crippen LogP contribution in [0.4, 0.5) is 0 Å². The van der Waals surface area contributed by atoms with E-state index < -0.39 is 16.0 Å². The van der Waals surface area contributed by atoms with E-state index in [9.17, 15) is 18.3 Å². The zero-order chi connectivity index (χ0) is 15.5. The highest BCUT2D eigenvalue weighted by atomic mass is 32.2. The van der Waals surface area contributed by atoms with Crippen LogP contribution in [0, 0.1) is 0 Å². The van der Waals surface area contributed by atoms with Crippen LogP contribution in [0.2, 0.25) is 0 Å². The summed E-state index contributed by atoms with van der Waals surface area (Å²) in [4.78, 5) is 11.9. The third-order valence-electron chi connectivity index (χ3n) is 2.86. The van der Waals surface area contributed by atoms with Gasteiger partial charge in [-0.3, -0.25) is 0 Å². The highest BCUT2D eigenvalue weighted by Gasteiger charge is 2.21. The van der Waals surface area contributed by atoms with Gasteiger partial charge in [0.1, 0.15) is 0 Å². The molecule has 0 saturated carbocycles. The van der Waals surface area contributed by atoms with Gasteiger partial charge in [0, 0.05) is 24.2 Å². The normalized spacial score (nSPS) is 13.4. The van der Waals surface area contributed by atoms with Crippen LogP contribution in [-0.4, -0.2) is 43.1 Å². The molecule has 1 atom stereocenters. The molecule has 1 rings (SSSR count). The number of hydrogen-bond acceptors (Lipinski definition) is 4. The van der Waals surface area contributed by atoms with Crippen LogP contribution in [0.15, 0.2) is 28.0 Å². The first kappa shape index (κ1) is 17.0. The lowest BCUT2D eigenvalue weighted by atomic mass is 10.2. The van der Waals surface area contributed by atoms with E-state index in [1.165, 1.54) is 38.0 Å². The van der Waals surface area contributed by atoms with Crippen molar-refractivity contribution in [2.45, 2.75) is 35.3 Å². The van der Waals surface area contributed by atoms with Crippen molar-refractivity contribution in [2.75, 3.05) is 14.1 Å². The van der Waals surface area contributed by atoms with Crippen LogP contribution in [0.3, 0.4) is 0 Å². The van der Waals surface area contributed by atoms with Gasteiger partial charge in [-0.25, -0.2) is 17.5 Å². The molecule has 1 aromatic carbocycles. The Morgan fingerprint density at radius 2 is 2.00 bits per heavy atom. The van der Waals surface area contributed by atoms with Gasteiger partial charge in [-0.2, -0.15) is 0 Å². The number of carboxylic acids is 1. The molecule has 0 spiro atoms. The van der Waals surface area contributed by atoms with Crippen LogP contribution < -0.4 is 0 Å². The minimum Gasteiger partial charge on any atom is -0.478 e. The first-order valence-corrected chi connectivity index (χ1v) is 8.48. The molecule has 5 nitrogen and oxygen atoms in total. The van der Waals surface area contributed by atoms with Gasteiger partial charge in [-0.15, -0.1) is 11.8 Å². The van der Waals surface area contributed by atoms with Crippen LogP contribution in [-0.2, 0) is 10.0 Å². The molecule has 0 radical (unpaired) electrons. The molecule has 0 fully saturated rings. The Balaban J connectivity index is 3.31. The standard InChI is InChI=1S/C13H19NO4S2/c1-5-9(2)19-12-7-6-10(8-11(12)13(15)16)20(17,18)14(3)4/h6-9H,5H2,1-4H3,(H,15,16). The summed E-state index contributed by atoms with van der Waals surface area (Å²) in [5.41, 5.74) is 0.0261. The van der Waals surface area contributed by atoms with Crippen molar-refractivity contribution in [1.82, 2.24) is 4.31 Å². The fourth-order valence-electron chi connectivity index (χ4n) is 1.45. The zero-order valence-corrected chi connectivity index (χ0v) is 13.6. The van der Waals surface area contributed by atoms with E-state index in [-0.39, 0.29) is 15.7 Å². The molecule has 0 aromatic heterocycles. The summed E-state index contributed by atoms with van der Waals surface area (Å²) in [6.45, 7) is 4.02. The molecule has 0 saturated heterocycles. The average molecular weight is 317 g/mol. The summed E-state index contributed by atoms with van der Waals surface area (Å²) >= 11 is 1.44. The lowest BCUT2D eigenvalue weighted by Crippen LogP contribution is -2.22. The van der Waals surface area contributed by atoms with Crippen molar-refractivity contribution in [1.29, 1.82) is 0 Å². The van der Waals surface area contributed by atoms with E-state index in [1.54, 1.807) is 6.07 Å². The van der Waals surface area contributed by atoms with Crippen molar-refractivity contribution < 1.29 is 18.3 Å². The third-order valence-corrected chi connectivity index (χ3v) is 6.02. The molecule has 1 N–H and O–H groups in total. The summed E-state index contributed by atoms with van der Waals surface area (Å²) in [6.07, 6.45) is 0.904. The van der Waals surface area contributed by atoms with E-state index in [2.05, 4.69) is 0 Å². The fraction of sp³-hybridized carbons (Fsp3) is 0.462. The lowest BCUT2D eigenvalue weighted by Gasteiger charge is -2.15. The van der Waals surface area contributed by atoms with Crippen molar-refractivity contribution in [3.63, 3.8) is 0 Å². The average Bonchev–Trinajstić information content (AvgIpc) is 2.38. The predicted molar refractivity (Wildman–Crippen MR) is 79.9 cm³/mol.